The fourth-order valence-corrected chi connectivity index (χ4v) is 3.35. The lowest BCUT2D eigenvalue weighted by Gasteiger charge is -2.19. The lowest BCUT2D eigenvalue weighted by molar-refractivity contribution is -0.138. The molecule has 1 aliphatic carbocycles. The molecule has 0 bridgehead atoms. The van der Waals surface area contributed by atoms with Gasteiger partial charge in [0.15, 0.2) is 0 Å². The van der Waals surface area contributed by atoms with Gasteiger partial charge in [0.25, 0.3) is 0 Å². The zero-order chi connectivity index (χ0) is 16.2. The van der Waals surface area contributed by atoms with Crippen molar-refractivity contribution in [2.24, 2.45) is 0 Å². The molecule has 1 atom stereocenters. The smallest absolute Gasteiger partial charge is 0.311 e. The number of fused-ring (bicyclic) bond motifs is 1. The Hall–Kier alpha value is -2.29. The number of carbonyl (C=O) groups is 1. The highest BCUT2D eigenvalue weighted by molar-refractivity contribution is 5.76. The Morgan fingerprint density at radius 3 is 2.65 bits per heavy atom. The number of benzene rings is 2. The van der Waals surface area contributed by atoms with Crippen LogP contribution in [0.5, 0.6) is 5.75 Å². The Bertz CT molecular complexity index is 706. The summed E-state index contributed by atoms with van der Waals surface area (Å²) in [6.45, 7) is 0. The monoisotopic (exact) mass is 310 g/mol. The third kappa shape index (κ3) is 3.55. The van der Waals surface area contributed by atoms with E-state index in [2.05, 4.69) is 12.1 Å². The summed E-state index contributed by atoms with van der Waals surface area (Å²) < 4.78 is 5.23. The molecule has 1 aliphatic rings. The number of methoxy groups -OCH3 is 1. The van der Waals surface area contributed by atoms with Crippen LogP contribution in [0.2, 0.25) is 0 Å². The van der Waals surface area contributed by atoms with Crippen LogP contribution in [0.1, 0.15) is 41.0 Å². The zero-order valence-corrected chi connectivity index (χ0v) is 13.4. The number of ether oxygens (including phenoxy) is 1. The van der Waals surface area contributed by atoms with Crippen LogP contribution >= 0.6 is 0 Å². The maximum atomic E-state index is 11.8. The summed E-state index contributed by atoms with van der Waals surface area (Å²) in [5, 5.41) is 9.69. The molecule has 3 rings (SSSR count). The summed E-state index contributed by atoms with van der Waals surface area (Å²) in [5.74, 6) is -0.532. The predicted octanol–water partition coefficient (Wildman–Crippen LogP) is 3.98. The average molecular weight is 310 g/mol. The molecule has 0 fully saturated rings. The minimum absolute atomic E-state index is 0.478. The highest BCUT2D eigenvalue weighted by atomic mass is 16.5. The van der Waals surface area contributed by atoms with E-state index in [1.54, 1.807) is 7.11 Å². The number of rotatable bonds is 5. The predicted molar refractivity (Wildman–Crippen MR) is 90.2 cm³/mol. The maximum absolute atomic E-state index is 11.8. The Kier molecular flexibility index (Phi) is 4.65. The first-order valence-corrected chi connectivity index (χ1v) is 8.15. The Labute approximate surface area is 136 Å². The Morgan fingerprint density at radius 2 is 1.91 bits per heavy atom. The molecule has 0 aromatic heterocycles. The van der Waals surface area contributed by atoms with Crippen molar-refractivity contribution in [2.45, 2.75) is 38.0 Å². The van der Waals surface area contributed by atoms with Crippen molar-refractivity contribution in [1.82, 2.24) is 0 Å². The normalized spacial score (nSPS) is 14.8. The minimum atomic E-state index is -0.774. The first-order chi connectivity index (χ1) is 11.2. The lowest BCUT2D eigenvalue weighted by Crippen LogP contribution is -2.15. The molecule has 23 heavy (non-hydrogen) atoms. The second-order valence-corrected chi connectivity index (χ2v) is 6.18. The first kappa shape index (κ1) is 15.6. The van der Waals surface area contributed by atoms with E-state index >= 15 is 0 Å². The molecule has 3 nitrogen and oxygen atoms in total. The number of carboxylic acids is 1. The van der Waals surface area contributed by atoms with E-state index in [0.29, 0.717) is 6.42 Å². The van der Waals surface area contributed by atoms with Crippen LogP contribution in [0.15, 0.2) is 42.5 Å². The van der Waals surface area contributed by atoms with E-state index in [1.807, 2.05) is 30.3 Å². The Balaban J connectivity index is 1.88. The standard InChI is InChI=1S/C20H22O3/c1-23-18-8-4-5-14(11-18)12-19(20(21)22)17-10-9-15-6-2-3-7-16(15)13-17/h4-5,8-11,13,19H,2-3,6-7,12H2,1H3,(H,21,22). The van der Waals surface area contributed by atoms with Gasteiger partial charge in [0, 0.05) is 0 Å². The van der Waals surface area contributed by atoms with E-state index in [0.717, 1.165) is 29.7 Å². The van der Waals surface area contributed by atoms with Gasteiger partial charge in [-0.25, -0.2) is 0 Å². The van der Waals surface area contributed by atoms with Crippen LogP contribution in [0.3, 0.4) is 0 Å². The maximum Gasteiger partial charge on any atom is 0.311 e. The molecular weight excluding hydrogens is 288 g/mol. The lowest BCUT2D eigenvalue weighted by atomic mass is 9.85. The van der Waals surface area contributed by atoms with Gasteiger partial charge in [0.1, 0.15) is 5.75 Å². The molecule has 120 valence electrons. The molecule has 1 unspecified atom stereocenters. The van der Waals surface area contributed by atoms with E-state index in [9.17, 15) is 9.90 Å². The van der Waals surface area contributed by atoms with Gasteiger partial charge < -0.3 is 9.84 Å². The number of aliphatic carboxylic acids is 1. The minimum Gasteiger partial charge on any atom is -0.497 e. The molecular formula is C20H22O3. The third-order valence-corrected chi connectivity index (χ3v) is 4.65. The fourth-order valence-electron chi connectivity index (χ4n) is 3.35. The van der Waals surface area contributed by atoms with Gasteiger partial charge in [-0.1, -0.05) is 30.3 Å². The summed E-state index contributed by atoms with van der Waals surface area (Å²) in [6, 6.07) is 13.9. The van der Waals surface area contributed by atoms with Gasteiger partial charge in [-0.3, -0.25) is 4.79 Å². The second-order valence-electron chi connectivity index (χ2n) is 6.18. The fraction of sp³-hybridized carbons (Fsp3) is 0.350. The van der Waals surface area contributed by atoms with Crippen molar-refractivity contribution >= 4 is 5.97 Å². The SMILES string of the molecule is COc1cccc(CC(C(=O)O)c2ccc3c(c2)CCCC3)c1. The number of carboxylic acid groups (broad SMARTS) is 1. The average Bonchev–Trinajstić information content (AvgIpc) is 2.59. The highest BCUT2D eigenvalue weighted by Gasteiger charge is 2.22. The van der Waals surface area contributed by atoms with Crippen LogP contribution in [0.4, 0.5) is 0 Å². The van der Waals surface area contributed by atoms with Crippen molar-refractivity contribution in [3.05, 3.63) is 64.7 Å². The summed E-state index contributed by atoms with van der Waals surface area (Å²) in [4.78, 5) is 11.8. The first-order valence-electron chi connectivity index (χ1n) is 8.15. The van der Waals surface area contributed by atoms with E-state index in [-0.39, 0.29) is 0 Å². The van der Waals surface area contributed by atoms with Gasteiger partial charge in [-0.15, -0.1) is 0 Å². The molecule has 0 saturated heterocycles. The largest absolute Gasteiger partial charge is 0.497 e. The van der Waals surface area contributed by atoms with Gasteiger partial charge >= 0.3 is 5.97 Å². The summed E-state index contributed by atoms with van der Waals surface area (Å²) >= 11 is 0. The molecule has 0 aliphatic heterocycles. The van der Waals surface area contributed by atoms with Gasteiger partial charge in [0.05, 0.1) is 13.0 Å². The molecule has 0 spiro atoms. The van der Waals surface area contributed by atoms with E-state index < -0.39 is 11.9 Å². The van der Waals surface area contributed by atoms with E-state index in [1.165, 1.54) is 24.0 Å². The molecule has 3 heteroatoms. The number of hydrogen-bond acceptors (Lipinski definition) is 2. The zero-order valence-electron chi connectivity index (χ0n) is 13.4. The molecule has 0 saturated carbocycles. The molecule has 0 heterocycles. The molecule has 1 N–H and O–H groups in total. The van der Waals surface area contributed by atoms with Crippen LogP contribution < -0.4 is 4.74 Å². The Morgan fingerprint density at radius 1 is 1.13 bits per heavy atom. The van der Waals surface area contributed by atoms with Gasteiger partial charge in [-0.05, 0) is 66.5 Å². The second kappa shape index (κ2) is 6.86. The topological polar surface area (TPSA) is 46.5 Å². The summed E-state index contributed by atoms with van der Waals surface area (Å²) in [6.07, 6.45) is 5.09. The van der Waals surface area contributed by atoms with Gasteiger partial charge in [-0.2, -0.15) is 0 Å². The number of hydrogen-bond donors (Lipinski definition) is 1. The highest BCUT2D eigenvalue weighted by Crippen LogP contribution is 2.28. The van der Waals surface area contributed by atoms with Crippen LogP contribution in [-0.2, 0) is 24.1 Å². The van der Waals surface area contributed by atoms with Crippen molar-refractivity contribution in [3.8, 4) is 5.75 Å². The molecule has 2 aromatic rings. The molecule has 2 aromatic carbocycles. The molecule has 0 amide bonds. The summed E-state index contributed by atoms with van der Waals surface area (Å²) in [5.41, 5.74) is 4.59. The quantitative estimate of drug-likeness (QED) is 0.908. The van der Waals surface area contributed by atoms with Crippen molar-refractivity contribution in [3.63, 3.8) is 0 Å². The van der Waals surface area contributed by atoms with Crippen LogP contribution in [-0.4, -0.2) is 18.2 Å². The van der Waals surface area contributed by atoms with Crippen LogP contribution in [0.25, 0.3) is 0 Å². The van der Waals surface area contributed by atoms with Crippen molar-refractivity contribution < 1.29 is 14.6 Å². The van der Waals surface area contributed by atoms with E-state index in [4.69, 9.17) is 4.74 Å². The van der Waals surface area contributed by atoms with Crippen LogP contribution in [0, 0.1) is 0 Å². The van der Waals surface area contributed by atoms with Crippen molar-refractivity contribution in [1.29, 1.82) is 0 Å². The third-order valence-electron chi connectivity index (χ3n) is 4.65. The van der Waals surface area contributed by atoms with Gasteiger partial charge in [0.2, 0.25) is 0 Å². The number of aryl methyl sites for hydroxylation is 2. The summed E-state index contributed by atoms with van der Waals surface area (Å²) in [7, 11) is 1.62. The molecule has 0 radical (unpaired) electrons. The van der Waals surface area contributed by atoms with Crippen molar-refractivity contribution in [2.75, 3.05) is 7.11 Å².